The van der Waals surface area contributed by atoms with E-state index in [2.05, 4.69) is 15.6 Å². The Balaban J connectivity index is 1.84. The lowest BCUT2D eigenvalue weighted by molar-refractivity contribution is -0.147. The first-order valence-corrected chi connectivity index (χ1v) is 8.50. The number of fused-ring (bicyclic) bond motifs is 1. The Hall–Kier alpha value is -3.36. The molecule has 0 radical (unpaired) electrons. The number of aromatic nitrogens is 2. The second kappa shape index (κ2) is 7.71. The van der Waals surface area contributed by atoms with Gasteiger partial charge < -0.3 is 15.2 Å². The average Bonchev–Trinajstić information content (AvgIpc) is 3.01. The maximum atomic E-state index is 13.3. The Morgan fingerprint density at radius 3 is 2.57 bits per heavy atom. The van der Waals surface area contributed by atoms with Crippen LogP contribution in [0.1, 0.15) is 23.1 Å². The number of carbonyl (C=O) groups excluding carboxylic acids is 2. The summed E-state index contributed by atoms with van der Waals surface area (Å²) in [6.07, 6.45) is -4.70. The second-order valence-electron chi connectivity index (χ2n) is 6.00. The molecule has 0 fully saturated rings. The van der Waals surface area contributed by atoms with Gasteiger partial charge in [-0.05, 0) is 37.3 Å². The number of rotatable bonds is 5. The first-order valence-electron chi connectivity index (χ1n) is 8.50. The lowest BCUT2D eigenvalue weighted by atomic mass is 10.2. The highest BCUT2D eigenvalue weighted by atomic mass is 19.4. The maximum Gasteiger partial charge on any atom is 0.449 e. The highest BCUT2D eigenvalue weighted by Crippen LogP contribution is 2.31. The second-order valence-corrected chi connectivity index (χ2v) is 6.00. The smallest absolute Gasteiger partial charge is 0.352 e. The van der Waals surface area contributed by atoms with Crippen molar-refractivity contribution in [1.29, 1.82) is 0 Å². The number of para-hydroxylation sites is 2. The number of benzene rings is 2. The van der Waals surface area contributed by atoms with Crippen molar-refractivity contribution in [2.45, 2.75) is 19.6 Å². The van der Waals surface area contributed by atoms with Gasteiger partial charge in [-0.15, -0.1) is 0 Å². The number of anilines is 1. The summed E-state index contributed by atoms with van der Waals surface area (Å²) in [4.78, 5) is 27.9. The van der Waals surface area contributed by atoms with E-state index < -0.39 is 24.5 Å². The lowest BCUT2D eigenvalue weighted by Crippen LogP contribution is -2.24. The van der Waals surface area contributed by atoms with Gasteiger partial charge in [0.05, 0.1) is 11.0 Å². The third-order valence-electron chi connectivity index (χ3n) is 3.96. The van der Waals surface area contributed by atoms with Crippen LogP contribution in [-0.2, 0) is 17.5 Å². The van der Waals surface area contributed by atoms with Crippen molar-refractivity contribution in [3.05, 3.63) is 59.9 Å². The molecule has 0 aliphatic carbocycles. The molecule has 0 saturated heterocycles. The number of carbonyl (C=O) groups is 2. The molecule has 0 spiro atoms. The molecule has 2 amide bonds. The molecule has 0 saturated carbocycles. The third-order valence-corrected chi connectivity index (χ3v) is 3.96. The van der Waals surface area contributed by atoms with Crippen molar-refractivity contribution in [2.75, 3.05) is 11.9 Å². The van der Waals surface area contributed by atoms with Gasteiger partial charge in [-0.3, -0.25) is 9.59 Å². The normalized spacial score (nSPS) is 11.4. The fourth-order valence-corrected chi connectivity index (χ4v) is 2.80. The van der Waals surface area contributed by atoms with Crippen LogP contribution in [0, 0.1) is 0 Å². The van der Waals surface area contributed by atoms with Gasteiger partial charge in [0.1, 0.15) is 6.54 Å². The predicted octanol–water partition coefficient (Wildman–Crippen LogP) is 3.44. The minimum Gasteiger partial charge on any atom is -0.352 e. The standard InChI is InChI=1S/C19H17F3N4O2/c1-2-23-17(28)12-6-5-7-13(10-12)24-16(27)11-26-15-9-4-3-8-14(15)25-18(26)19(20,21)22/h3-10H,2,11H2,1H3,(H,23,28)(H,24,27). The average molecular weight is 390 g/mol. The van der Waals surface area contributed by atoms with Crippen LogP contribution in [0.15, 0.2) is 48.5 Å². The number of hydrogen-bond donors (Lipinski definition) is 2. The Kier molecular flexibility index (Phi) is 5.34. The van der Waals surface area contributed by atoms with E-state index in [0.29, 0.717) is 17.8 Å². The van der Waals surface area contributed by atoms with Crippen molar-refractivity contribution in [2.24, 2.45) is 0 Å². The summed E-state index contributed by atoms with van der Waals surface area (Å²) < 4.78 is 40.8. The largest absolute Gasteiger partial charge is 0.449 e. The number of nitrogens with zero attached hydrogens (tertiary/aromatic N) is 2. The summed E-state index contributed by atoms with van der Waals surface area (Å²) in [5.41, 5.74) is 1.01. The third kappa shape index (κ3) is 4.13. The summed E-state index contributed by atoms with van der Waals surface area (Å²) in [6, 6.07) is 12.2. The van der Waals surface area contributed by atoms with E-state index in [1.165, 1.54) is 18.2 Å². The van der Waals surface area contributed by atoms with Gasteiger partial charge in [-0.25, -0.2) is 4.98 Å². The molecule has 146 valence electrons. The molecule has 9 heteroatoms. The van der Waals surface area contributed by atoms with Crippen LogP contribution in [0.2, 0.25) is 0 Å². The van der Waals surface area contributed by atoms with Crippen molar-refractivity contribution in [3.63, 3.8) is 0 Å². The van der Waals surface area contributed by atoms with Gasteiger partial charge in [0, 0.05) is 17.8 Å². The van der Waals surface area contributed by atoms with Gasteiger partial charge >= 0.3 is 6.18 Å². The fourth-order valence-electron chi connectivity index (χ4n) is 2.80. The van der Waals surface area contributed by atoms with Crippen molar-refractivity contribution < 1.29 is 22.8 Å². The van der Waals surface area contributed by atoms with Gasteiger partial charge in [0.15, 0.2) is 0 Å². The summed E-state index contributed by atoms with van der Waals surface area (Å²) in [5, 5.41) is 5.16. The van der Waals surface area contributed by atoms with Crippen LogP contribution in [0.4, 0.5) is 18.9 Å². The van der Waals surface area contributed by atoms with E-state index in [0.717, 1.165) is 4.57 Å². The topological polar surface area (TPSA) is 76.0 Å². The van der Waals surface area contributed by atoms with E-state index in [1.807, 2.05) is 0 Å². The molecule has 1 heterocycles. The van der Waals surface area contributed by atoms with E-state index in [9.17, 15) is 22.8 Å². The summed E-state index contributed by atoms with van der Waals surface area (Å²) in [5.74, 6) is -2.11. The van der Waals surface area contributed by atoms with Crippen LogP contribution < -0.4 is 10.6 Å². The minimum absolute atomic E-state index is 0.154. The molecule has 1 aromatic heterocycles. The molecular formula is C19H17F3N4O2. The number of amides is 2. The first kappa shape index (κ1) is 19.4. The van der Waals surface area contributed by atoms with E-state index in [4.69, 9.17) is 0 Å². The number of nitrogens with one attached hydrogen (secondary N) is 2. The number of hydrogen-bond acceptors (Lipinski definition) is 3. The molecular weight excluding hydrogens is 373 g/mol. The van der Waals surface area contributed by atoms with Gasteiger partial charge in [0.2, 0.25) is 11.7 Å². The molecule has 3 rings (SSSR count). The Labute approximate surface area is 158 Å². The predicted molar refractivity (Wildman–Crippen MR) is 97.8 cm³/mol. The van der Waals surface area contributed by atoms with Crippen LogP contribution in [0.25, 0.3) is 11.0 Å². The van der Waals surface area contributed by atoms with Crippen LogP contribution in [-0.4, -0.2) is 27.9 Å². The Morgan fingerprint density at radius 1 is 1.11 bits per heavy atom. The molecule has 0 unspecified atom stereocenters. The Morgan fingerprint density at radius 2 is 1.86 bits per heavy atom. The Bertz CT molecular complexity index is 1030. The first-order chi connectivity index (χ1) is 13.3. The van der Waals surface area contributed by atoms with Gasteiger partial charge in [-0.2, -0.15) is 13.2 Å². The van der Waals surface area contributed by atoms with Crippen LogP contribution in [0.5, 0.6) is 0 Å². The molecule has 0 atom stereocenters. The van der Waals surface area contributed by atoms with Crippen LogP contribution >= 0.6 is 0 Å². The van der Waals surface area contributed by atoms with Crippen molar-refractivity contribution in [1.82, 2.24) is 14.9 Å². The number of halogens is 3. The summed E-state index contributed by atoms with van der Waals surface area (Å²) in [6.45, 7) is 1.65. The molecule has 28 heavy (non-hydrogen) atoms. The highest BCUT2D eigenvalue weighted by Gasteiger charge is 2.38. The zero-order valence-electron chi connectivity index (χ0n) is 14.9. The van der Waals surface area contributed by atoms with Gasteiger partial charge in [0.25, 0.3) is 5.91 Å². The molecule has 0 bridgehead atoms. The van der Waals surface area contributed by atoms with Gasteiger partial charge in [-0.1, -0.05) is 18.2 Å². The fraction of sp³-hybridized carbons (Fsp3) is 0.211. The molecule has 3 aromatic rings. The van der Waals surface area contributed by atoms with Crippen LogP contribution in [0.3, 0.4) is 0 Å². The highest BCUT2D eigenvalue weighted by molar-refractivity contribution is 5.97. The number of imidazole rings is 1. The quantitative estimate of drug-likeness (QED) is 0.701. The molecule has 6 nitrogen and oxygen atoms in total. The number of alkyl halides is 3. The van der Waals surface area contributed by atoms with E-state index >= 15 is 0 Å². The van der Waals surface area contributed by atoms with Crippen molar-refractivity contribution in [3.8, 4) is 0 Å². The summed E-state index contributed by atoms with van der Waals surface area (Å²) in [7, 11) is 0. The zero-order valence-corrected chi connectivity index (χ0v) is 14.9. The molecule has 2 aromatic carbocycles. The SMILES string of the molecule is CCNC(=O)c1cccc(NC(=O)Cn2c(C(F)(F)F)nc3ccccc32)c1. The minimum atomic E-state index is -4.70. The van der Waals surface area contributed by atoms with E-state index in [-0.39, 0.29) is 16.9 Å². The molecule has 2 N–H and O–H groups in total. The monoisotopic (exact) mass is 390 g/mol. The van der Waals surface area contributed by atoms with Crippen molar-refractivity contribution >= 4 is 28.5 Å². The lowest BCUT2D eigenvalue weighted by Gasteiger charge is -2.12. The summed E-state index contributed by atoms with van der Waals surface area (Å²) >= 11 is 0. The molecule has 0 aliphatic rings. The zero-order chi connectivity index (χ0) is 20.3. The van der Waals surface area contributed by atoms with E-state index in [1.54, 1.807) is 37.3 Å². The maximum absolute atomic E-state index is 13.3. The molecule has 0 aliphatic heterocycles.